The van der Waals surface area contributed by atoms with Gasteiger partial charge in [0.1, 0.15) is 13.6 Å². The number of carboxylic acids is 1. The molecule has 2 rings (SSSR count). The number of anilines is 1. The van der Waals surface area contributed by atoms with Crippen molar-refractivity contribution in [3.63, 3.8) is 0 Å². The van der Waals surface area contributed by atoms with Crippen molar-refractivity contribution in [2.24, 2.45) is 0 Å². The van der Waals surface area contributed by atoms with Crippen LogP contribution in [-0.4, -0.2) is 43.4 Å². The van der Waals surface area contributed by atoms with Gasteiger partial charge in [-0.25, -0.2) is 4.58 Å². The molecule has 4 heteroatoms. The number of nitrogens with zero attached hydrogens (tertiary/aromatic N) is 2. The van der Waals surface area contributed by atoms with Gasteiger partial charge < -0.3 is 14.8 Å². The number of carbonyl (C=O) groups is 1. The van der Waals surface area contributed by atoms with Gasteiger partial charge in [-0.15, -0.1) is 0 Å². The first-order chi connectivity index (χ1) is 11.1. The minimum absolute atomic E-state index is 0.0379. The summed E-state index contributed by atoms with van der Waals surface area (Å²) in [5.74, 6) is -1.02. The third kappa shape index (κ3) is 5.40. The molecule has 122 valence electrons. The molecule has 0 saturated heterocycles. The zero-order valence-corrected chi connectivity index (χ0v) is 13.9. The van der Waals surface area contributed by atoms with Gasteiger partial charge in [-0.1, -0.05) is 30.4 Å². The maximum absolute atomic E-state index is 10.5. The van der Waals surface area contributed by atoms with E-state index in [-0.39, 0.29) is 6.42 Å². The molecule has 4 nitrogen and oxygen atoms in total. The Bertz CT molecular complexity index is 627. The number of allylic oxidation sites excluding steroid dienone is 3. The van der Waals surface area contributed by atoms with E-state index in [0.717, 1.165) is 24.2 Å². The lowest BCUT2D eigenvalue weighted by Gasteiger charge is -2.19. The molecule has 0 bridgehead atoms. The molecule has 1 heterocycles. The predicted octanol–water partition coefficient (Wildman–Crippen LogP) is 1.71. The summed E-state index contributed by atoms with van der Waals surface area (Å²) in [5, 5.41) is 10.5. The highest BCUT2D eigenvalue weighted by Gasteiger charge is 2.14. The van der Waals surface area contributed by atoms with Gasteiger partial charge in [0.25, 0.3) is 0 Å². The minimum Gasteiger partial charge on any atom is -0.550 e. The molecule has 0 aromatic heterocycles. The van der Waals surface area contributed by atoms with Crippen LogP contribution in [0.2, 0.25) is 0 Å². The monoisotopic (exact) mass is 312 g/mol. The molecule has 0 saturated carbocycles. The van der Waals surface area contributed by atoms with E-state index in [0.29, 0.717) is 6.54 Å². The maximum Gasteiger partial charge on any atom is 0.176 e. The van der Waals surface area contributed by atoms with Crippen molar-refractivity contribution in [2.75, 3.05) is 32.1 Å². The normalized spacial score (nSPS) is 15.0. The van der Waals surface area contributed by atoms with Crippen LogP contribution >= 0.6 is 0 Å². The zero-order chi connectivity index (χ0) is 16.7. The van der Waals surface area contributed by atoms with Crippen LogP contribution in [0.15, 0.2) is 42.5 Å². The smallest absolute Gasteiger partial charge is 0.176 e. The maximum atomic E-state index is 10.5. The Balaban J connectivity index is 1.89. The van der Waals surface area contributed by atoms with Crippen molar-refractivity contribution < 1.29 is 14.5 Å². The fraction of sp³-hybridized carbons (Fsp3) is 0.368. The molecule has 0 N–H and O–H groups in total. The summed E-state index contributed by atoms with van der Waals surface area (Å²) >= 11 is 0. The van der Waals surface area contributed by atoms with Gasteiger partial charge in [0, 0.05) is 50.6 Å². The molecular weight excluding hydrogens is 288 g/mol. The van der Waals surface area contributed by atoms with Gasteiger partial charge in [-0.3, -0.25) is 0 Å². The lowest BCUT2D eigenvalue weighted by atomic mass is 10.1. The second-order valence-corrected chi connectivity index (χ2v) is 5.87. The summed E-state index contributed by atoms with van der Waals surface area (Å²) in [4.78, 5) is 12.4. The van der Waals surface area contributed by atoms with Crippen LogP contribution < -0.4 is 10.0 Å². The van der Waals surface area contributed by atoms with Crippen LogP contribution in [0, 0.1) is 0 Å². The van der Waals surface area contributed by atoms with Crippen LogP contribution in [-0.2, 0) is 4.79 Å². The molecule has 0 fully saturated rings. The average molecular weight is 312 g/mol. The molecule has 0 unspecified atom stereocenters. The summed E-state index contributed by atoms with van der Waals surface area (Å²) in [6, 6.07) is 8.06. The Morgan fingerprint density at radius 2 is 1.96 bits per heavy atom. The largest absolute Gasteiger partial charge is 0.550 e. The first kappa shape index (κ1) is 17.0. The van der Waals surface area contributed by atoms with E-state index < -0.39 is 5.97 Å². The zero-order valence-electron chi connectivity index (χ0n) is 13.9. The summed E-state index contributed by atoms with van der Waals surface area (Å²) in [7, 11) is 4.01. The lowest BCUT2D eigenvalue weighted by molar-refractivity contribution is -0.487. The lowest BCUT2D eigenvalue weighted by Crippen LogP contribution is -2.28. The summed E-state index contributed by atoms with van der Waals surface area (Å²) < 4.78 is 2.29. The summed E-state index contributed by atoms with van der Waals surface area (Å²) in [5.41, 5.74) is 3.51. The van der Waals surface area contributed by atoms with Crippen molar-refractivity contribution in [2.45, 2.75) is 19.3 Å². The van der Waals surface area contributed by atoms with E-state index in [4.69, 9.17) is 0 Å². The number of hydrogen-bond donors (Lipinski definition) is 0. The molecule has 1 aliphatic heterocycles. The van der Waals surface area contributed by atoms with E-state index in [1.165, 1.54) is 12.1 Å². The van der Waals surface area contributed by atoms with E-state index in [9.17, 15) is 9.90 Å². The Labute approximate surface area is 138 Å². The number of hydrogen-bond acceptors (Lipinski definition) is 3. The van der Waals surface area contributed by atoms with E-state index in [1.54, 1.807) is 0 Å². The molecule has 0 spiro atoms. The van der Waals surface area contributed by atoms with Crippen molar-refractivity contribution in [1.82, 2.24) is 0 Å². The quantitative estimate of drug-likeness (QED) is 0.569. The highest BCUT2D eigenvalue weighted by molar-refractivity contribution is 5.91. The number of benzene rings is 1. The van der Waals surface area contributed by atoms with Gasteiger partial charge in [0.2, 0.25) is 0 Å². The number of aliphatic carboxylic acids is 1. The van der Waals surface area contributed by atoms with Gasteiger partial charge >= 0.3 is 0 Å². The van der Waals surface area contributed by atoms with E-state index in [1.807, 2.05) is 42.3 Å². The van der Waals surface area contributed by atoms with Gasteiger partial charge in [-0.2, -0.15) is 0 Å². The van der Waals surface area contributed by atoms with Crippen LogP contribution in [0.1, 0.15) is 24.8 Å². The second kappa shape index (κ2) is 8.32. The molecule has 1 aromatic rings. The van der Waals surface area contributed by atoms with Crippen molar-refractivity contribution in [3.8, 4) is 0 Å². The summed E-state index contributed by atoms with van der Waals surface area (Å²) in [6.07, 6.45) is 10.8. The van der Waals surface area contributed by atoms with Crippen molar-refractivity contribution in [1.29, 1.82) is 0 Å². The molecule has 1 aromatic carbocycles. The minimum atomic E-state index is -1.02. The Kier molecular flexibility index (Phi) is 6.15. The highest BCUT2D eigenvalue weighted by Crippen LogP contribution is 2.15. The fourth-order valence-corrected chi connectivity index (χ4v) is 2.60. The standard InChI is InChI=1S/C19H24N2O2/c1-20-14-5-8-17(20)7-4-3-6-16-9-11-18(12-10-16)21(2)15-13-19(22)23/h3-4,6-7,9-12H,5,8,13-15H2,1-2H3. The van der Waals surface area contributed by atoms with Gasteiger partial charge in [0.05, 0.1) is 0 Å². The van der Waals surface area contributed by atoms with Crippen LogP contribution in [0.3, 0.4) is 0 Å². The Morgan fingerprint density at radius 1 is 1.26 bits per heavy atom. The molecule has 1 aliphatic rings. The number of carboxylic acid groups (broad SMARTS) is 1. The second-order valence-electron chi connectivity index (χ2n) is 5.87. The van der Waals surface area contributed by atoms with Crippen molar-refractivity contribution in [3.05, 3.63) is 48.1 Å². The fourth-order valence-electron chi connectivity index (χ4n) is 2.60. The predicted molar refractivity (Wildman–Crippen MR) is 92.8 cm³/mol. The first-order valence-electron chi connectivity index (χ1n) is 7.99. The summed E-state index contributed by atoms with van der Waals surface area (Å²) in [6.45, 7) is 1.60. The van der Waals surface area contributed by atoms with Crippen LogP contribution in [0.5, 0.6) is 0 Å². The number of carbonyl (C=O) groups excluding carboxylic acids is 1. The third-order valence-electron chi connectivity index (χ3n) is 4.09. The topological polar surface area (TPSA) is 46.4 Å². The molecule has 23 heavy (non-hydrogen) atoms. The van der Waals surface area contributed by atoms with E-state index in [2.05, 4.69) is 29.9 Å². The van der Waals surface area contributed by atoms with Crippen molar-refractivity contribution >= 4 is 23.4 Å². The molecule has 0 aliphatic carbocycles. The molecule has 0 amide bonds. The third-order valence-corrected chi connectivity index (χ3v) is 4.09. The highest BCUT2D eigenvalue weighted by atomic mass is 16.4. The van der Waals surface area contributed by atoms with Crippen LogP contribution in [0.4, 0.5) is 5.69 Å². The Morgan fingerprint density at radius 3 is 2.57 bits per heavy atom. The average Bonchev–Trinajstić information content (AvgIpc) is 2.95. The molecular formula is C19H24N2O2. The molecule has 0 radical (unpaired) electrons. The van der Waals surface area contributed by atoms with Crippen LogP contribution in [0.25, 0.3) is 6.08 Å². The Hall–Kier alpha value is -2.36. The SMILES string of the molecule is CN(CCC(=O)[O-])c1ccc(/C=C/C=C/C2=[N+](C)CCC2)cc1. The number of rotatable bonds is 7. The van der Waals surface area contributed by atoms with E-state index >= 15 is 0 Å². The molecule has 0 atom stereocenters. The van der Waals surface area contributed by atoms with Gasteiger partial charge in [-0.05, 0) is 17.7 Å². The first-order valence-corrected chi connectivity index (χ1v) is 7.99. The van der Waals surface area contributed by atoms with Gasteiger partial charge in [0.15, 0.2) is 5.71 Å².